The molecule has 244 valence electrons. The molecule has 0 bridgehead atoms. The molecule has 0 radical (unpaired) electrons. The van der Waals surface area contributed by atoms with Crippen LogP contribution in [0.1, 0.15) is 54.2 Å². The number of carboxylic acid groups (broad SMARTS) is 1. The van der Waals surface area contributed by atoms with E-state index in [2.05, 4.69) is 19.9 Å². The molecule has 0 saturated heterocycles. The standard InChI is InChI=1S/C16H17BN2O5.C14H13BN2O5.Li.H2O/c1-3-22-15(20)8-13-16-10(2)6-11(7-12(16)17(21)24-13)23-14-9-18-4-5-19-14;1-8-4-9(21-12-7-16-2-3-17-12)5-10-14(8)11(6-13(18)19)22-15(10)20;;/h4-7,9,13,21H,3,8H2,1-2H3;2-5,7,11,20H,6H2,1H3,(H,18,19);;1H2/q;;+1;/p-1/t13-;11-;;/m00../s1. The average molecular weight is 652 g/mol. The van der Waals surface area contributed by atoms with Crippen molar-refractivity contribution < 1.29 is 72.6 Å². The zero-order valence-corrected chi connectivity index (χ0v) is 26.6. The number of hydrogen-bond donors (Lipinski definition) is 3. The van der Waals surface area contributed by atoms with E-state index in [0.29, 0.717) is 46.4 Å². The molecule has 15 nitrogen and oxygen atoms in total. The van der Waals surface area contributed by atoms with Gasteiger partial charge in [0, 0.05) is 24.8 Å². The van der Waals surface area contributed by atoms with Crippen LogP contribution in [0.3, 0.4) is 0 Å². The second kappa shape index (κ2) is 17.2. The monoisotopic (exact) mass is 652 g/mol. The number of carbonyl (C=O) groups is 2. The third kappa shape index (κ3) is 9.17. The predicted octanol–water partition coefficient (Wildman–Crippen LogP) is -1.07. The number of aryl methyl sites for hydroxylation is 2. The molecule has 2 aromatic heterocycles. The van der Waals surface area contributed by atoms with Crippen molar-refractivity contribution in [3.63, 3.8) is 0 Å². The van der Waals surface area contributed by atoms with E-state index in [4.69, 9.17) is 28.6 Å². The number of carboxylic acids is 1. The number of ether oxygens (including phenoxy) is 3. The summed E-state index contributed by atoms with van der Waals surface area (Å²) in [5.74, 6) is 0.346. The van der Waals surface area contributed by atoms with E-state index < -0.39 is 32.4 Å². The third-order valence-corrected chi connectivity index (χ3v) is 7.09. The molecule has 4 N–H and O–H groups in total. The number of nitrogens with zero attached hydrogens (tertiary/aromatic N) is 4. The molecule has 0 unspecified atom stereocenters. The van der Waals surface area contributed by atoms with Crippen molar-refractivity contribution in [3.05, 3.63) is 83.7 Å². The van der Waals surface area contributed by atoms with Crippen LogP contribution in [0.5, 0.6) is 23.3 Å². The van der Waals surface area contributed by atoms with Crippen LogP contribution in [-0.2, 0) is 23.6 Å². The van der Waals surface area contributed by atoms with Crippen molar-refractivity contribution in [2.24, 2.45) is 0 Å². The zero-order valence-electron chi connectivity index (χ0n) is 26.6. The van der Waals surface area contributed by atoms with Crippen LogP contribution >= 0.6 is 0 Å². The molecule has 18 heteroatoms. The van der Waals surface area contributed by atoms with Crippen molar-refractivity contribution in [1.29, 1.82) is 0 Å². The fourth-order valence-electron chi connectivity index (χ4n) is 5.33. The number of carbonyl (C=O) groups excluding carboxylic acids is 1. The first-order chi connectivity index (χ1) is 22.1. The minimum absolute atomic E-state index is 0. The van der Waals surface area contributed by atoms with Crippen LogP contribution in [0.15, 0.2) is 61.4 Å². The predicted molar refractivity (Wildman–Crippen MR) is 165 cm³/mol. The summed E-state index contributed by atoms with van der Waals surface area (Å²) in [7, 11) is -2.27. The van der Waals surface area contributed by atoms with Crippen molar-refractivity contribution in [2.75, 3.05) is 6.61 Å². The first-order valence-electron chi connectivity index (χ1n) is 14.3. The molecule has 0 amide bonds. The van der Waals surface area contributed by atoms with Gasteiger partial charge in [-0.3, -0.25) is 19.6 Å². The Hall–Kier alpha value is -4.33. The number of hydrogen-bond acceptors (Lipinski definition) is 14. The number of esters is 1. The number of aliphatic carboxylic acids is 1. The molecule has 4 heterocycles. The molecule has 2 aromatic carbocycles. The summed E-state index contributed by atoms with van der Waals surface area (Å²) in [6, 6.07) is 6.88. The average Bonchev–Trinajstić information content (AvgIpc) is 3.49. The van der Waals surface area contributed by atoms with Crippen molar-refractivity contribution in [1.82, 2.24) is 19.9 Å². The van der Waals surface area contributed by atoms with Crippen LogP contribution in [0.4, 0.5) is 0 Å². The van der Waals surface area contributed by atoms with Gasteiger partial charge >= 0.3 is 45.0 Å². The van der Waals surface area contributed by atoms with E-state index in [1.807, 2.05) is 19.9 Å². The first-order valence-corrected chi connectivity index (χ1v) is 14.3. The van der Waals surface area contributed by atoms with Gasteiger partial charge in [-0.1, -0.05) is 0 Å². The SMILES string of the molecule is CCOC(=O)C[C@@H]1OB(O)c2cc(Oc3cnccn3)cc(C)c21.Cc1cc(Oc2cnccn2)cc2c1[C@H](CC(=O)O)OB2O.[Li+].[OH-]. The molecule has 6 rings (SSSR count). The minimum Gasteiger partial charge on any atom is -0.870 e. The molecule has 4 aromatic rings. The molecule has 0 spiro atoms. The third-order valence-electron chi connectivity index (χ3n) is 7.09. The Labute approximate surface area is 288 Å². The van der Waals surface area contributed by atoms with E-state index >= 15 is 0 Å². The zero-order chi connectivity index (χ0) is 32.8. The van der Waals surface area contributed by atoms with Crippen LogP contribution in [0.25, 0.3) is 0 Å². The van der Waals surface area contributed by atoms with Crippen LogP contribution in [-0.4, -0.2) is 73.3 Å². The van der Waals surface area contributed by atoms with Gasteiger partial charge in [-0.2, -0.15) is 0 Å². The second-order valence-corrected chi connectivity index (χ2v) is 10.3. The first kappa shape index (κ1) is 38.1. The molecule has 0 aliphatic carbocycles. The second-order valence-electron chi connectivity index (χ2n) is 10.3. The van der Waals surface area contributed by atoms with Gasteiger partial charge in [-0.15, -0.1) is 0 Å². The van der Waals surface area contributed by atoms with Crippen molar-refractivity contribution in [2.45, 2.75) is 45.8 Å². The maximum atomic E-state index is 11.7. The Bertz CT molecular complexity index is 1710. The van der Waals surface area contributed by atoms with Crippen LogP contribution in [0.2, 0.25) is 0 Å². The van der Waals surface area contributed by atoms with Gasteiger partial charge in [0.1, 0.15) is 11.5 Å². The molecule has 2 atom stereocenters. The fourth-order valence-corrected chi connectivity index (χ4v) is 5.33. The van der Waals surface area contributed by atoms with E-state index in [9.17, 15) is 19.6 Å². The summed E-state index contributed by atoms with van der Waals surface area (Å²) in [5.41, 5.74) is 4.24. The van der Waals surface area contributed by atoms with E-state index in [0.717, 1.165) is 16.7 Å². The smallest absolute Gasteiger partial charge is 0.870 e. The molecular formula is C30H31B2LiN4O11. The quantitative estimate of drug-likeness (QED) is 0.145. The summed E-state index contributed by atoms with van der Waals surface area (Å²) >= 11 is 0. The Morgan fingerprint density at radius 3 is 1.65 bits per heavy atom. The van der Waals surface area contributed by atoms with Gasteiger partial charge in [0.05, 0.1) is 44.1 Å². The van der Waals surface area contributed by atoms with Crippen LogP contribution in [0, 0.1) is 13.8 Å². The maximum Gasteiger partial charge on any atom is 1.00 e. The number of rotatable bonds is 9. The van der Waals surface area contributed by atoms with Crippen molar-refractivity contribution >= 4 is 37.1 Å². The van der Waals surface area contributed by atoms with E-state index in [1.54, 1.807) is 31.3 Å². The van der Waals surface area contributed by atoms with Gasteiger partial charge in [-0.25, -0.2) is 9.97 Å². The fraction of sp³-hybridized carbons (Fsp3) is 0.267. The number of fused-ring (bicyclic) bond motifs is 2. The summed E-state index contributed by atoms with van der Waals surface area (Å²) in [6.07, 6.45) is 7.78. The Kier molecular flexibility index (Phi) is 13.6. The molecule has 0 saturated carbocycles. The summed E-state index contributed by atoms with van der Waals surface area (Å²) in [5, 5.41) is 29.1. The normalized spacial score (nSPS) is 15.5. The van der Waals surface area contributed by atoms with Gasteiger partial charge in [0.25, 0.3) is 0 Å². The van der Waals surface area contributed by atoms with Gasteiger partial charge in [0.2, 0.25) is 11.8 Å². The maximum absolute atomic E-state index is 11.7. The summed E-state index contributed by atoms with van der Waals surface area (Å²) in [4.78, 5) is 38.5. The number of aromatic nitrogens is 4. The minimum atomic E-state index is -1.16. The molecule has 2 aliphatic rings. The molecule has 48 heavy (non-hydrogen) atoms. The molecular weight excluding hydrogens is 621 g/mol. The van der Waals surface area contributed by atoms with Gasteiger partial charge in [0.15, 0.2) is 0 Å². The molecule has 0 fully saturated rings. The molecule has 2 aliphatic heterocycles. The largest absolute Gasteiger partial charge is 1.00 e. The van der Waals surface area contributed by atoms with Crippen LogP contribution < -0.4 is 39.3 Å². The van der Waals surface area contributed by atoms with Gasteiger partial charge in [-0.05, 0) is 78.2 Å². The Balaban J connectivity index is 0.000000251. The Morgan fingerprint density at radius 2 is 1.25 bits per heavy atom. The number of benzene rings is 2. The van der Waals surface area contributed by atoms with E-state index in [1.165, 1.54) is 31.0 Å². The van der Waals surface area contributed by atoms with Gasteiger partial charge < -0.3 is 44.2 Å². The topological polar surface area (TPSA) is 223 Å². The Morgan fingerprint density at radius 1 is 0.792 bits per heavy atom. The summed E-state index contributed by atoms with van der Waals surface area (Å²) < 4.78 is 27.0. The van der Waals surface area contributed by atoms with Crippen molar-refractivity contribution in [3.8, 4) is 23.3 Å². The summed E-state index contributed by atoms with van der Waals surface area (Å²) in [6.45, 7) is 5.75. The van der Waals surface area contributed by atoms with E-state index in [-0.39, 0.29) is 43.1 Å².